The van der Waals surface area contributed by atoms with Gasteiger partial charge in [-0.25, -0.2) is 4.85 Å². The number of likely N-dealkylation sites (tertiary alicyclic amines) is 1. The maximum absolute atomic E-state index is 13.5. The first-order valence-electron chi connectivity index (χ1n) is 19.0. The number of nitrogens with zero attached hydrogens (tertiary/aromatic N) is 6. The number of hydrogen-bond acceptors (Lipinski definition) is 8. The van der Waals surface area contributed by atoms with Crippen LogP contribution in [0.4, 0.5) is 30.2 Å². The first-order chi connectivity index (χ1) is 26.6. The van der Waals surface area contributed by atoms with Crippen molar-refractivity contribution in [2.45, 2.75) is 107 Å². The fraction of sp³-hybridized carbons (Fsp3) is 0.475. The van der Waals surface area contributed by atoms with E-state index >= 15 is 0 Å². The molecular weight excluding hydrogens is 729 g/mol. The molecule has 2 N–H and O–H groups in total. The zero-order valence-corrected chi connectivity index (χ0v) is 30.9. The average molecular weight is 771 g/mol. The van der Waals surface area contributed by atoms with Crippen LogP contribution in [0.5, 0.6) is 0 Å². The molecule has 1 aromatic heterocycles. The molecule has 292 valence electrons. The Morgan fingerprint density at radius 3 is 2.27 bits per heavy atom. The number of alkyl halides is 3. The maximum atomic E-state index is 13.5. The lowest BCUT2D eigenvalue weighted by Crippen LogP contribution is -2.54. The summed E-state index contributed by atoms with van der Waals surface area (Å²) in [6, 6.07) is 8.45. The minimum absolute atomic E-state index is 0.0564. The van der Waals surface area contributed by atoms with Gasteiger partial charge in [-0.05, 0) is 114 Å². The number of benzene rings is 2. The van der Waals surface area contributed by atoms with Crippen LogP contribution < -0.4 is 15.5 Å². The molecule has 5 amide bonds. The number of aromatic nitrogens is 2. The number of amides is 5. The summed E-state index contributed by atoms with van der Waals surface area (Å²) in [7, 11) is 0. The SMILES string of the molecule is [C-]#[N+]c1ccc(NC(=O)C(C)(C)n2cc(C3CCN(C4CC5CCC(C4)N5c4ccc5c(c4)C(=O)N(C4CCC(=O)NC4=O)C5=O)CC3)cn2)cc1C(F)(F)F. The maximum Gasteiger partial charge on any atom is 0.407 e. The molecule has 4 saturated heterocycles. The first kappa shape index (κ1) is 37.4. The molecule has 4 fully saturated rings. The Bertz CT molecular complexity index is 2170. The number of piperidine rings is 3. The summed E-state index contributed by atoms with van der Waals surface area (Å²) in [6.07, 6.45) is 4.88. The Morgan fingerprint density at radius 1 is 0.911 bits per heavy atom. The number of hydrogen-bond donors (Lipinski definition) is 2. The van der Waals surface area contributed by atoms with Crippen LogP contribution >= 0.6 is 0 Å². The van der Waals surface area contributed by atoms with E-state index in [9.17, 15) is 37.1 Å². The Kier molecular flexibility index (Phi) is 9.26. The lowest BCUT2D eigenvalue weighted by atomic mass is 9.88. The number of rotatable bonds is 7. The zero-order valence-electron chi connectivity index (χ0n) is 30.9. The molecule has 3 atom stereocenters. The van der Waals surface area contributed by atoms with Crippen molar-refractivity contribution in [2.24, 2.45) is 0 Å². The van der Waals surface area contributed by atoms with Gasteiger partial charge in [0.05, 0.1) is 29.5 Å². The number of carbonyl (C=O) groups is 5. The van der Waals surface area contributed by atoms with Crippen LogP contribution in [-0.4, -0.2) is 86.4 Å². The van der Waals surface area contributed by atoms with E-state index in [0.717, 1.165) is 79.9 Å². The fourth-order valence-electron chi connectivity index (χ4n) is 9.27. The van der Waals surface area contributed by atoms with Gasteiger partial charge in [-0.1, -0.05) is 6.07 Å². The smallest absolute Gasteiger partial charge is 0.365 e. The van der Waals surface area contributed by atoms with Crippen molar-refractivity contribution in [2.75, 3.05) is 23.3 Å². The fourth-order valence-corrected chi connectivity index (χ4v) is 9.27. The van der Waals surface area contributed by atoms with Crippen molar-refractivity contribution in [1.29, 1.82) is 0 Å². The van der Waals surface area contributed by atoms with Gasteiger partial charge >= 0.3 is 6.18 Å². The minimum atomic E-state index is -4.74. The van der Waals surface area contributed by atoms with Crippen LogP contribution in [0.2, 0.25) is 0 Å². The molecule has 5 aliphatic heterocycles. The van der Waals surface area contributed by atoms with Gasteiger partial charge in [0.1, 0.15) is 11.6 Å². The third-order valence-corrected chi connectivity index (χ3v) is 12.4. The normalized spacial score (nSPS) is 24.6. The predicted octanol–water partition coefficient (Wildman–Crippen LogP) is 5.61. The van der Waals surface area contributed by atoms with Crippen molar-refractivity contribution in [3.63, 3.8) is 0 Å². The Hall–Kier alpha value is -5.56. The zero-order chi connectivity index (χ0) is 39.7. The quantitative estimate of drug-likeness (QED) is 0.234. The van der Waals surface area contributed by atoms with E-state index < -0.39 is 58.5 Å². The summed E-state index contributed by atoms with van der Waals surface area (Å²) in [5.74, 6) is -2.36. The van der Waals surface area contributed by atoms with Gasteiger partial charge in [0.25, 0.3) is 17.7 Å². The van der Waals surface area contributed by atoms with Crippen LogP contribution in [0.1, 0.15) is 103 Å². The second kappa shape index (κ2) is 13.9. The minimum Gasteiger partial charge on any atom is -0.365 e. The van der Waals surface area contributed by atoms with Crippen LogP contribution in [-0.2, 0) is 26.1 Å². The summed E-state index contributed by atoms with van der Waals surface area (Å²) in [4.78, 5) is 73.1. The van der Waals surface area contributed by atoms with E-state index in [1.165, 1.54) is 6.07 Å². The van der Waals surface area contributed by atoms with Crippen molar-refractivity contribution in [3.8, 4) is 0 Å². The van der Waals surface area contributed by atoms with Gasteiger partial charge < -0.3 is 15.1 Å². The summed E-state index contributed by atoms with van der Waals surface area (Å²) in [5, 5.41) is 9.30. The van der Waals surface area contributed by atoms with E-state index in [2.05, 4.69) is 30.4 Å². The van der Waals surface area contributed by atoms with Gasteiger partial charge in [-0.2, -0.15) is 18.3 Å². The summed E-state index contributed by atoms with van der Waals surface area (Å²) >= 11 is 0. The number of nitrogens with one attached hydrogen (secondary N) is 2. The van der Waals surface area contributed by atoms with Crippen LogP contribution in [0, 0.1) is 6.57 Å². The molecule has 5 aliphatic rings. The van der Waals surface area contributed by atoms with Crippen LogP contribution in [0.3, 0.4) is 0 Å². The third-order valence-electron chi connectivity index (χ3n) is 12.4. The third kappa shape index (κ3) is 6.51. The molecule has 56 heavy (non-hydrogen) atoms. The van der Waals surface area contributed by atoms with E-state index in [4.69, 9.17) is 6.57 Å². The molecule has 13 nitrogen and oxygen atoms in total. The van der Waals surface area contributed by atoms with Crippen molar-refractivity contribution >= 4 is 46.6 Å². The van der Waals surface area contributed by atoms with Crippen LogP contribution in [0.15, 0.2) is 48.8 Å². The Balaban J connectivity index is 0.877. The summed E-state index contributed by atoms with van der Waals surface area (Å²) in [5.41, 5.74) is -0.439. The Morgan fingerprint density at radius 2 is 1.61 bits per heavy atom. The van der Waals surface area contributed by atoms with Crippen molar-refractivity contribution in [3.05, 3.63) is 82.5 Å². The summed E-state index contributed by atoms with van der Waals surface area (Å²) in [6.45, 7) is 12.1. The number of fused-ring (bicyclic) bond motifs is 3. The van der Waals surface area contributed by atoms with Crippen LogP contribution in [0.25, 0.3) is 4.85 Å². The summed E-state index contributed by atoms with van der Waals surface area (Å²) < 4.78 is 42.0. The molecule has 0 saturated carbocycles. The lowest BCUT2D eigenvalue weighted by molar-refractivity contribution is -0.137. The highest BCUT2D eigenvalue weighted by molar-refractivity contribution is 6.23. The van der Waals surface area contributed by atoms with Crippen molar-refractivity contribution < 1.29 is 37.1 Å². The number of imide groups is 2. The largest absolute Gasteiger partial charge is 0.407 e. The molecule has 0 spiro atoms. The molecule has 16 heteroatoms. The molecule has 2 bridgehead atoms. The molecular formula is C40H41F3N8O5. The molecule has 2 aromatic carbocycles. The highest BCUT2D eigenvalue weighted by atomic mass is 19.4. The van der Waals surface area contributed by atoms with Gasteiger partial charge in [-0.15, -0.1) is 0 Å². The van der Waals surface area contributed by atoms with E-state index in [0.29, 0.717) is 11.6 Å². The van der Waals surface area contributed by atoms with Gasteiger partial charge in [0, 0.05) is 42.1 Å². The molecule has 3 unspecified atom stereocenters. The molecule has 3 aromatic rings. The van der Waals surface area contributed by atoms with Gasteiger partial charge in [0.15, 0.2) is 5.69 Å². The second-order valence-corrected chi connectivity index (χ2v) is 16.0. The molecule has 8 rings (SSSR count). The number of anilines is 2. The van der Waals surface area contributed by atoms with E-state index in [-0.39, 0.29) is 42.1 Å². The Labute approximate surface area is 321 Å². The predicted molar refractivity (Wildman–Crippen MR) is 197 cm³/mol. The highest BCUT2D eigenvalue weighted by Gasteiger charge is 2.47. The highest BCUT2D eigenvalue weighted by Crippen LogP contribution is 2.44. The van der Waals surface area contributed by atoms with E-state index in [1.807, 2.05) is 12.3 Å². The molecule has 6 heterocycles. The van der Waals surface area contributed by atoms with Gasteiger partial charge in [-0.3, -0.25) is 38.9 Å². The standard InChI is InChI=1S/C40H41F3N8O5/c1-39(2,38(56)46-24-4-9-32(44-3)31(16-24)40(41,42)43)49-21-23(20-45-49)22-12-14-48(15-13-22)28-17-25-5-6-26(18-28)50(25)27-7-8-29-30(19-27)37(55)51(36(29)54)33-10-11-34(52)47-35(33)53/h4,7-9,16,19-22,25-26,28,33H,5-6,10-15,17-18H2,1-2H3,(H,46,56)(H,47,52,53). The molecule has 0 radical (unpaired) electrons. The second-order valence-electron chi connectivity index (χ2n) is 16.0. The number of carbonyl (C=O) groups excluding carboxylic acids is 5. The van der Waals surface area contributed by atoms with E-state index in [1.54, 1.807) is 36.9 Å². The number of halogens is 3. The monoisotopic (exact) mass is 770 g/mol. The average Bonchev–Trinajstić information content (AvgIpc) is 3.84. The lowest BCUT2D eigenvalue weighted by Gasteiger charge is -2.46. The topological polar surface area (TPSA) is 141 Å². The first-order valence-corrected chi connectivity index (χ1v) is 19.0. The van der Waals surface area contributed by atoms with Crippen molar-refractivity contribution in [1.82, 2.24) is 24.9 Å². The van der Waals surface area contributed by atoms with Gasteiger partial charge in [0.2, 0.25) is 11.8 Å². The molecule has 0 aliphatic carbocycles.